The van der Waals surface area contributed by atoms with Gasteiger partial charge in [-0.1, -0.05) is 26.2 Å². The van der Waals surface area contributed by atoms with Crippen molar-refractivity contribution in [1.29, 1.82) is 0 Å². The third-order valence-corrected chi connectivity index (χ3v) is 4.80. The molecule has 1 saturated carbocycles. The Bertz CT molecular complexity index is 297. The number of nitrogens with zero attached hydrogens (tertiary/aromatic N) is 2. The maximum absolute atomic E-state index is 4.39. The van der Waals surface area contributed by atoms with Gasteiger partial charge < -0.3 is 10.6 Å². The van der Waals surface area contributed by atoms with Crippen LogP contribution in [-0.4, -0.2) is 49.6 Å². The van der Waals surface area contributed by atoms with Crippen molar-refractivity contribution in [1.82, 2.24) is 15.5 Å². The normalized spacial score (nSPS) is 22.7. The third kappa shape index (κ3) is 6.30. The van der Waals surface area contributed by atoms with Gasteiger partial charge in [-0.3, -0.25) is 9.89 Å². The number of guanidine groups is 1. The molecular formula is C16H33IN4. The molecular weight excluding hydrogens is 375 g/mol. The fraction of sp³-hybridized carbons (Fsp3) is 0.938. The fourth-order valence-corrected chi connectivity index (χ4v) is 3.49. The molecule has 0 bridgehead atoms. The smallest absolute Gasteiger partial charge is 0.191 e. The highest BCUT2D eigenvalue weighted by Crippen LogP contribution is 2.17. The highest BCUT2D eigenvalue weighted by atomic mass is 127. The van der Waals surface area contributed by atoms with Crippen LogP contribution in [0, 0.1) is 0 Å². The minimum atomic E-state index is 0. The zero-order valence-corrected chi connectivity index (χ0v) is 16.1. The molecule has 2 N–H and O–H groups in total. The molecule has 21 heavy (non-hydrogen) atoms. The predicted molar refractivity (Wildman–Crippen MR) is 102 cm³/mol. The average molecular weight is 408 g/mol. The van der Waals surface area contributed by atoms with Gasteiger partial charge in [0.15, 0.2) is 5.96 Å². The van der Waals surface area contributed by atoms with Crippen molar-refractivity contribution in [3.63, 3.8) is 0 Å². The number of nitrogens with one attached hydrogen (secondary N) is 2. The highest BCUT2D eigenvalue weighted by molar-refractivity contribution is 14.0. The zero-order valence-electron chi connectivity index (χ0n) is 13.7. The Balaban J connectivity index is 0.00000220. The van der Waals surface area contributed by atoms with E-state index in [-0.39, 0.29) is 24.0 Å². The molecule has 124 valence electrons. The van der Waals surface area contributed by atoms with Gasteiger partial charge >= 0.3 is 0 Å². The molecule has 1 unspecified atom stereocenters. The van der Waals surface area contributed by atoms with E-state index in [0.29, 0.717) is 12.1 Å². The number of hydrogen-bond acceptors (Lipinski definition) is 2. The van der Waals surface area contributed by atoms with E-state index in [9.17, 15) is 0 Å². The molecule has 0 aromatic heterocycles. The van der Waals surface area contributed by atoms with Crippen molar-refractivity contribution in [2.24, 2.45) is 4.99 Å². The second-order valence-corrected chi connectivity index (χ2v) is 6.24. The molecule has 2 rings (SSSR count). The summed E-state index contributed by atoms with van der Waals surface area (Å²) < 4.78 is 0. The summed E-state index contributed by atoms with van der Waals surface area (Å²) in [5, 5.41) is 7.14. The summed E-state index contributed by atoms with van der Waals surface area (Å²) in [5.74, 6) is 0.995. The lowest BCUT2D eigenvalue weighted by atomic mass is 9.96. The van der Waals surface area contributed by atoms with E-state index in [4.69, 9.17) is 0 Å². The molecule has 2 fully saturated rings. The maximum atomic E-state index is 4.39. The van der Waals surface area contributed by atoms with Gasteiger partial charge in [0.05, 0.1) is 0 Å². The van der Waals surface area contributed by atoms with Crippen LogP contribution in [0.3, 0.4) is 0 Å². The van der Waals surface area contributed by atoms with Crippen molar-refractivity contribution >= 4 is 29.9 Å². The number of hydrogen-bond donors (Lipinski definition) is 2. The van der Waals surface area contributed by atoms with Crippen LogP contribution in [0.25, 0.3) is 0 Å². The summed E-state index contributed by atoms with van der Waals surface area (Å²) in [5.41, 5.74) is 0. The summed E-state index contributed by atoms with van der Waals surface area (Å²) in [4.78, 5) is 7.02. The molecule has 0 spiro atoms. The standard InChI is InChI=1S/C16H32N4.HI/c1-3-15(20-11-7-8-12-20)13-18-16(17-2)19-14-9-5-4-6-10-14;/h14-15H,3-13H2,1-2H3,(H2,17,18,19);1H. The van der Waals surface area contributed by atoms with Crippen molar-refractivity contribution < 1.29 is 0 Å². The van der Waals surface area contributed by atoms with E-state index in [1.54, 1.807) is 0 Å². The molecule has 0 amide bonds. The van der Waals surface area contributed by atoms with E-state index in [1.165, 1.54) is 64.5 Å². The lowest BCUT2D eigenvalue weighted by Crippen LogP contribution is -2.49. The second-order valence-electron chi connectivity index (χ2n) is 6.24. The average Bonchev–Trinajstić information content (AvgIpc) is 3.02. The lowest BCUT2D eigenvalue weighted by molar-refractivity contribution is 0.236. The first-order chi connectivity index (χ1) is 9.83. The lowest BCUT2D eigenvalue weighted by Gasteiger charge is -2.29. The van der Waals surface area contributed by atoms with Gasteiger partial charge in [0.1, 0.15) is 0 Å². The molecule has 0 aromatic carbocycles. The Hall–Kier alpha value is -0.0400. The van der Waals surface area contributed by atoms with Gasteiger partial charge in [-0.25, -0.2) is 0 Å². The third-order valence-electron chi connectivity index (χ3n) is 4.80. The molecule has 1 saturated heterocycles. The predicted octanol–water partition coefficient (Wildman–Crippen LogP) is 2.98. The van der Waals surface area contributed by atoms with E-state index >= 15 is 0 Å². The SMILES string of the molecule is CCC(CNC(=NC)NC1CCCCC1)N1CCCC1.I. The molecule has 2 aliphatic rings. The minimum Gasteiger partial charge on any atom is -0.355 e. The van der Waals surface area contributed by atoms with Crippen LogP contribution >= 0.6 is 24.0 Å². The molecule has 5 heteroatoms. The highest BCUT2D eigenvalue weighted by Gasteiger charge is 2.21. The van der Waals surface area contributed by atoms with Crippen LogP contribution in [0.5, 0.6) is 0 Å². The van der Waals surface area contributed by atoms with Gasteiger partial charge in [0.2, 0.25) is 0 Å². The van der Waals surface area contributed by atoms with Crippen LogP contribution in [0.4, 0.5) is 0 Å². The number of likely N-dealkylation sites (tertiary alicyclic amines) is 1. The number of aliphatic imine (C=N–C) groups is 1. The summed E-state index contributed by atoms with van der Waals surface area (Å²) in [6.07, 6.45) is 10.7. The summed E-state index contributed by atoms with van der Waals surface area (Å²) in [6, 6.07) is 1.28. The Morgan fingerprint density at radius 3 is 2.38 bits per heavy atom. The molecule has 1 aliphatic carbocycles. The van der Waals surface area contributed by atoms with Crippen molar-refractivity contribution in [2.45, 2.75) is 70.4 Å². The number of halogens is 1. The van der Waals surface area contributed by atoms with E-state index in [1.807, 2.05) is 7.05 Å². The molecule has 0 aromatic rings. The maximum Gasteiger partial charge on any atom is 0.191 e. The van der Waals surface area contributed by atoms with Crippen molar-refractivity contribution in [3.8, 4) is 0 Å². The first-order valence-electron chi connectivity index (χ1n) is 8.54. The Labute approximate surface area is 147 Å². The first-order valence-corrected chi connectivity index (χ1v) is 8.54. The van der Waals surface area contributed by atoms with Crippen LogP contribution in [0.15, 0.2) is 4.99 Å². The molecule has 1 aliphatic heterocycles. The first kappa shape index (κ1) is 19.0. The van der Waals surface area contributed by atoms with Crippen LogP contribution in [-0.2, 0) is 0 Å². The largest absolute Gasteiger partial charge is 0.355 e. The summed E-state index contributed by atoms with van der Waals surface area (Å²) in [7, 11) is 1.88. The Morgan fingerprint density at radius 1 is 1.14 bits per heavy atom. The summed E-state index contributed by atoms with van der Waals surface area (Å²) in [6.45, 7) is 5.86. The van der Waals surface area contributed by atoms with Crippen LogP contribution < -0.4 is 10.6 Å². The quantitative estimate of drug-likeness (QED) is 0.418. The monoisotopic (exact) mass is 408 g/mol. The Kier molecular flexibility index (Phi) is 9.64. The van der Waals surface area contributed by atoms with Gasteiger partial charge in [-0.15, -0.1) is 24.0 Å². The molecule has 4 nitrogen and oxygen atoms in total. The molecule has 1 atom stereocenters. The fourth-order valence-electron chi connectivity index (χ4n) is 3.49. The second kappa shape index (κ2) is 10.6. The van der Waals surface area contributed by atoms with Crippen LogP contribution in [0.1, 0.15) is 58.3 Å². The van der Waals surface area contributed by atoms with Crippen molar-refractivity contribution in [2.75, 3.05) is 26.7 Å². The Morgan fingerprint density at radius 2 is 1.81 bits per heavy atom. The van der Waals surface area contributed by atoms with Gasteiger partial charge in [-0.05, 0) is 45.2 Å². The molecule has 1 heterocycles. The van der Waals surface area contributed by atoms with E-state index in [2.05, 4.69) is 27.4 Å². The summed E-state index contributed by atoms with van der Waals surface area (Å²) >= 11 is 0. The van der Waals surface area contributed by atoms with Gasteiger partial charge in [0.25, 0.3) is 0 Å². The van der Waals surface area contributed by atoms with Crippen molar-refractivity contribution in [3.05, 3.63) is 0 Å². The van der Waals surface area contributed by atoms with E-state index in [0.717, 1.165) is 12.5 Å². The topological polar surface area (TPSA) is 39.7 Å². The van der Waals surface area contributed by atoms with E-state index < -0.39 is 0 Å². The zero-order chi connectivity index (χ0) is 14.2. The minimum absolute atomic E-state index is 0. The van der Waals surface area contributed by atoms with Gasteiger partial charge in [-0.2, -0.15) is 0 Å². The van der Waals surface area contributed by atoms with Crippen LogP contribution in [0.2, 0.25) is 0 Å². The van der Waals surface area contributed by atoms with Gasteiger partial charge in [0, 0.05) is 25.7 Å². The number of rotatable bonds is 5. The molecule has 0 radical (unpaired) electrons.